The molecular weight excluding hydrogens is 202 g/mol. The van der Waals surface area contributed by atoms with Crippen molar-refractivity contribution in [3.8, 4) is 5.88 Å². The highest BCUT2D eigenvalue weighted by Gasteiger charge is 2.02. The van der Waals surface area contributed by atoms with Crippen LogP contribution in [0, 0.1) is 6.92 Å². The van der Waals surface area contributed by atoms with E-state index in [9.17, 15) is 0 Å². The highest BCUT2D eigenvalue weighted by Crippen LogP contribution is 2.12. The van der Waals surface area contributed by atoms with Crippen LogP contribution in [0.3, 0.4) is 0 Å². The first kappa shape index (κ1) is 12.5. The third kappa shape index (κ3) is 4.29. The van der Waals surface area contributed by atoms with Crippen molar-refractivity contribution in [2.75, 3.05) is 18.5 Å². The van der Waals surface area contributed by atoms with Gasteiger partial charge in [0.2, 0.25) is 11.8 Å². The smallest absolute Gasteiger partial charge is 0.226 e. The average molecular weight is 221 g/mol. The first-order valence-corrected chi connectivity index (χ1v) is 5.48. The molecule has 0 atom stereocenters. The van der Waals surface area contributed by atoms with Crippen LogP contribution < -0.4 is 10.1 Å². The van der Waals surface area contributed by atoms with Gasteiger partial charge >= 0.3 is 0 Å². The number of nitrogens with one attached hydrogen (secondary N) is 1. The number of hydrogen-bond acceptors (Lipinski definition) is 4. The van der Waals surface area contributed by atoms with Crippen molar-refractivity contribution in [2.45, 2.75) is 27.2 Å². The molecule has 0 aliphatic carbocycles. The molecule has 0 spiro atoms. The van der Waals surface area contributed by atoms with E-state index in [1.165, 1.54) is 0 Å². The molecule has 0 aliphatic heterocycles. The van der Waals surface area contributed by atoms with Gasteiger partial charge in [0.1, 0.15) is 0 Å². The summed E-state index contributed by atoms with van der Waals surface area (Å²) in [7, 11) is 0. The SMILES string of the molecule is C=C(C)CCOc1cc(C)nc(NCC)n1. The minimum atomic E-state index is 0.608. The summed E-state index contributed by atoms with van der Waals surface area (Å²) in [5, 5.41) is 3.07. The largest absolute Gasteiger partial charge is 0.477 e. The molecule has 0 amide bonds. The van der Waals surface area contributed by atoms with Crippen LogP contribution in [0.15, 0.2) is 18.2 Å². The van der Waals surface area contributed by atoms with Crippen molar-refractivity contribution in [1.82, 2.24) is 9.97 Å². The minimum Gasteiger partial charge on any atom is -0.477 e. The molecule has 4 nitrogen and oxygen atoms in total. The normalized spacial score (nSPS) is 9.94. The second-order valence-corrected chi connectivity index (χ2v) is 3.76. The number of ether oxygens (including phenoxy) is 1. The predicted molar refractivity (Wildman–Crippen MR) is 65.9 cm³/mol. The van der Waals surface area contributed by atoms with Gasteiger partial charge in [-0.25, -0.2) is 4.98 Å². The molecule has 4 heteroatoms. The van der Waals surface area contributed by atoms with Gasteiger partial charge in [-0.1, -0.05) is 5.57 Å². The molecule has 16 heavy (non-hydrogen) atoms. The third-order valence-electron chi connectivity index (χ3n) is 1.94. The second-order valence-electron chi connectivity index (χ2n) is 3.76. The summed E-state index contributed by atoms with van der Waals surface area (Å²) < 4.78 is 5.53. The van der Waals surface area contributed by atoms with Crippen molar-refractivity contribution in [2.24, 2.45) is 0 Å². The van der Waals surface area contributed by atoms with E-state index in [0.717, 1.165) is 24.2 Å². The van der Waals surface area contributed by atoms with E-state index in [-0.39, 0.29) is 0 Å². The number of anilines is 1. The number of nitrogens with zero attached hydrogens (tertiary/aromatic N) is 2. The molecule has 0 aliphatic rings. The monoisotopic (exact) mass is 221 g/mol. The number of aryl methyl sites for hydroxylation is 1. The fraction of sp³-hybridized carbons (Fsp3) is 0.500. The molecule has 1 rings (SSSR count). The summed E-state index contributed by atoms with van der Waals surface area (Å²) in [5.41, 5.74) is 2.01. The molecule has 0 bridgehead atoms. The summed E-state index contributed by atoms with van der Waals surface area (Å²) in [6.45, 7) is 11.2. The Bertz CT molecular complexity index is 363. The molecule has 0 saturated carbocycles. The minimum absolute atomic E-state index is 0.608. The van der Waals surface area contributed by atoms with Gasteiger partial charge < -0.3 is 10.1 Å². The van der Waals surface area contributed by atoms with Gasteiger partial charge in [0.25, 0.3) is 0 Å². The van der Waals surface area contributed by atoms with E-state index in [1.54, 1.807) is 0 Å². The van der Waals surface area contributed by atoms with Gasteiger partial charge in [0.15, 0.2) is 0 Å². The van der Waals surface area contributed by atoms with E-state index in [1.807, 2.05) is 26.8 Å². The highest BCUT2D eigenvalue weighted by atomic mass is 16.5. The molecule has 0 fully saturated rings. The summed E-state index contributed by atoms with van der Waals surface area (Å²) in [5.74, 6) is 1.23. The predicted octanol–water partition coefficient (Wildman–Crippen LogP) is 2.56. The summed E-state index contributed by atoms with van der Waals surface area (Å²) >= 11 is 0. The van der Waals surface area contributed by atoms with Crippen molar-refractivity contribution in [3.05, 3.63) is 23.9 Å². The molecule has 1 heterocycles. The van der Waals surface area contributed by atoms with Gasteiger partial charge in [-0.05, 0) is 20.8 Å². The summed E-state index contributed by atoms with van der Waals surface area (Å²) in [6, 6.07) is 1.83. The Labute approximate surface area is 96.8 Å². The topological polar surface area (TPSA) is 47.0 Å². The Morgan fingerprint density at radius 1 is 1.50 bits per heavy atom. The molecule has 1 N–H and O–H groups in total. The molecule has 0 unspecified atom stereocenters. The quantitative estimate of drug-likeness (QED) is 0.750. The van der Waals surface area contributed by atoms with Gasteiger partial charge in [-0.3, -0.25) is 0 Å². The van der Waals surface area contributed by atoms with Crippen LogP contribution in [0.4, 0.5) is 5.95 Å². The van der Waals surface area contributed by atoms with Gasteiger partial charge in [0, 0.05) is 24.7 Å². The van der Waals surface area contributed by atoms with Crippen LogP contribution in [0.2, 0.25) is 0 Å². The van der Waals surface area contributed by atoms with Crippen molar-refractivity contribution >= 4 is 5.95 Å². The van der Waals surface area contributed by atoms with Crippen LogP contribution in [0.1, 0.15) is 26.0 Å². The maximum absolute atomic E-state index is 5.53. The van der Waals surface area contributed by atoms with Crippen LogP contribution in [-0.2, 0) is 0 Å². The van der Waals surface area contributed by atoms with Gasteiger partial charge in [0.05, 0.1) is 6.61 Å². The zero-order valence-corrected chi connectivity index (χ0v) is 10.2. The molecule has 0 saturated heterocycles. The Balaban J connectivity index is 2.61. The number of aromatic nitrogens is 2. The van der Waals surface area contributed by atoms with Crippen LogP contribution in [-0.4, -0.2) is 23.1 Å². The van der Waals surface area contributed by atoms with Crippen LogP contribution >= 0.6 is 0 Å². The molecule has 1 aromatic heterocycles. The second kappa shape index (κ2) is 6.10. The molecular formula is C12H19N3O. The van der Waals surface area contributed by atoms with Gasteiger partial charge in [-0.15, -0.1) is 6.58 Å². The van der Waals surface area contributed by atoms with E-state index in [2.05, 4.69) is 21.9 Å². The lowest BCUT2D eigenvalue weighted by Gasteiger charge is -2.08. The molecule has 0 radical (unpaired) electrons. The Morgan fingerprint density at radius 2 is 2.25 bits per heavy atom. The Kier molecular flexibility index (Phi) is 4.76. The van der Waals surface area contributed by atoms with Crippen LogP contribution in [0.25, 0.3) is 0 Å². The zero-order chi connectivity index (χ0) is 12.0. The van der Waals surface area contributed by atoms with Crippen molar-refractivity contribution in [1.29, 1.82) is 0 Å². The summed E-state index contributed by atoms with van der Waals surface area (Å²) in [6.07, 6.45) is 0.847. The number of rotatable bonds is 6. The molecule has 88 valence electrons. The van der Waals surface area contributed by atoms with Crippen molar-refractivity contribution < 1.29 is 4.74 Å². The van der Waals surface area contributed by atoms with E-state index >= 15 is 0 Å². The fourth-order valence-corrected chi connectivity index (χ4v) is 1.18. The van der Waals surface area contributed by atoms with E-state index < -0.39 is 0 Å². The van der Waals surface area contributed by atoms with E-state index in [0.29, 0.717) is 18.4 Å². The Morgan fingerprint density at radius 3 is 2.88 bits per heavy atom. The highest BCUT2D eigenvalue weighted by molar-refractivity contribution is 5.30. The third-order valence-corrected chi connectivity index (χ3v) is 1.94. The fourth-order valence-electron chi connectivity index (χ4n) is 1.18. The zero-order valence-electron chi connectivity index (χ0n) is 10.2. The van der Waals surface area contributed by atoms with Crippen molar-refractivity contribution in [3.63, 3.8) is 0 Å². The molecule has 0 aromatic carbocycles. The van der Waals surface area contributed by atoms with Crippen LogP contribution in [0.5, 0.6) is 5.88 Å². The number of hydrogen-bond donors (Lipinski definition) is 1. The summed E-state index contributed by atoms with van der Waals surface area (Å²) in [4.78, 5) is 8.49. The lowest BCUT2D eigenvalue weighted by molar-refractivity contribution is 0.309. The first-order valence-electron chi connectivity index (χ1n) is 5.48. The van der Waals surface area contributed by atoms with Gasteiger partial charge in [-0.2, -0.15) is 4.98 Å². The first-order chi connectivity index (χ1) is 7.61. The lowest BCUT2D eigenvalue weighted by Crippen LogP contribution is -2.06. The molecule has 1 aromatic rings. The maximum Gasteiger partial charge on any atom is 0.226 e. The maximum atomic E-state index is 5.53. The van der Waals surface area contributed by atoms with E-state index in [4.69, 9.17) is 4.74 Å². The Hall–Kier alpha value is -1.58. The average Bonchev–Trinajstić information content (AvgIpc) is 2.16. The standard InChI is InChI=1S/C12H19N3O/c1-5-13-12-14-10(4)8-11(15-12)16-7-6-9(2)3/h8H,2,5-7H2,1,3-4H3,(H,13,14,15). The lowest BCUT2D eigenvalue weighted by atomic mass is 10.3.